The minimum Gasteiger partial charge on any atom is -0.496 e. The molecule has 0 fully saturated rings. The number of alkyl halides is 3. The summed E-state index contributed by atoms with van der Waals surface area (Å²) < 4.78 is 49.9. The molecule has 7 heteroatoms. The van der Waals surface area contributed by atoms with E-state index in [9.17, 15) is 23.5 Å². The molecule has 0 saturated carbocycles. The van der Waals surface area contributed by atoms with E-state index in [1.54, 1.807) is 48.9 Å². The van der Waals surface area contributed by atoms with Gasteiger partial charge in [-0.2, -0.15) is 18.4 Å². The van der Waals surface area contributed by atoms with Gasteiger partial charge in [-0.05, 0) is 41.5 Å². The molecule has 0 spiro atoms. The number of ether oxygens (including phenoxy) is 1. The van der Waals surface area contributed by atoms with Crippen LogP contribution < -0.4 is 4.74 Å². The van der Waals surface area contributed by atoms with Gasteiger partial charge in [-0.25, -0.2) is 0 Å². The van der Waals surface area contributed by atoms with Crippen molar-refractivity contribution < 1.29 is 23.0 Å². The van der Waals surface area contributed by atoms with Gasteiger partial charge in [0.25, 0.3) is 0 Å². The molecule has 3 aromatic rings. The van der Waals surface area contributed by atoms with Crippen LogP contribution in [-0.2, 0) is 13.5 Å². The van der Waals surface area contributed by atoms with Crippen LogP contribution in [0.4, 0.5) is 13.2 Å². The minimum atomic E-state index is -4.90. The van der Waals surface area contributed by atoms with E-state index in [0.717, 1.165) is 5.56 Å². The Bertz CT molecular complexity index is 1190. The number of rotatable bonds is 7. The largest absolute Gasteiger partial charge is 0.496 e. The summed E-state index contributed by atoms with van der Waals surface area (Å²) in [5, 5.41) is 21.3. The van der Waals surface area contributed by atoms with Gasteiger partial charge in [0, 0.05) is 30.1 Å². The summed E-state index contributed by atoms with van der Waals surface area (Å²) >= 11 is 0. The van der Waals surface area contributed by atoms with Crippen molar-refractivity contribution in [3.63, 3.8) is 0 Å². The van der Waals surface area contributed by atoms with E-state index in [-0.39, 0.29) is 17.2 Å². The Labute approximate surface area is 206 Å². The van der Waals surface area contributed by atoms with Crippen LogP contribution in [0, 0.1) is 11.3 Å². The van der Waals surface area contributed by atoms with Crippen molar-refractivity contribution in [1.29, 1.82) is 5.26 Å². The molecule has 1 aromatic heterocycles. The predicted molar refractivity (Wildman–Crippen MR) is 134 cm³/mol. The second-order valence-corrected chi connectivity index (χ2v) is 8.98. The second-order valence-electron chi connectivity index (χ2n) is 8.98. The molecular formula is C28H35F3N2O2. The Morgan fingerprint density at radius 2 is 1.71 bits per heavy atom. The summed E-state index contributed by atoms with van der Waals surface area (Å²) in [5.74, 6) is 0.0292. The lowest BCUT2D eigenvalue weighted by Gasteiger charge is -2.34. The molecule has 35 heavy (non-hydrogen) atoms. The summed E-state index contributed by atoms with van der Waals surface area (Å²) in [6, 6.07) is 14.5. The number of benzene rings is 2. The van der Waals surface area contributed by atoms with Crippen LogP contribution in [0.2, 0.25) is 0 Å². The smallest absolute Gasteiger partial charge is 0.417 e. The Kier molecular flexibility index (Phi) is 9.02. The third kappa shape index (κ3) is 5.65. The highest BCUT2D eigenvalue weighted by Gasteiger charge is 2.55. The van der Waals surface area contributed by atoms with Crippen molar-refractivity contribution >= 4 is 10.9 Å². The number of aliphatic hydroxyl groups is 1. The molecule has 2 unspecified atom stereocenters. The van der Waals surface area contributed by atoms with Gasteiger partial charge in [0.1, 0.15) is 11.8 Å². The summed E-state index contributed by atoms with van der Waals surface area (Å²) in [4.78, 5) is 0. The highest BCUT2D eigenvalue weighted by Crippen LogP contribution is 2.43. The van der Waals surface area contributed by atoms with Gasteiger partial charge < -0.3 is 14.4 Å². The Morgan fingerprint density at radius 1 is 1.09 bits per heavy atom. The van der Waals surface area contributed by atoms with Crippen LogP contribution in [0.25, 0.3) is 10.9 Å². The summed E-state index contributed by atoms with van der Waals surface area (Å²) in [5.41, 5.74) is -0.471. The lowest BCUT2D eigenvalue weighted by atomic mass is 9.82. The van der Waals surface area contributed by atoms with Crippen molar-refractivity contribution in [2.75, 3.05) is 7.11 Å². The van der Waals surface area contributed by atoms with Crippen molar-refractivity contribution in [1.82, 2.24) is 4.57 Å². The molecule has 1 N–H and O–H groups in total. The molecule has 0 aliphatic rings. The maximum Gasteiger partial charge on any atom is 0.417 e. The van der Waals surface area contributed by atoms with Gasteiger partial charge in [-0.3, -0.25) is 0 Å². The predicted octanol–water partition coefficient (Wildman–Crippen LogP) is 7.24. The van der Waals surface area contributed by atoms with E-state index in [2.05, 4.69) is 0 Å². The van der Waals surface area contributed by atoms with E-state index >= 15 is 0 Å². The fraction of sp³-hybridized carbons (Fsp3) is 0.464. The Morgan fingerprint density at radius 3 is 2.26 bits per heavy atom. The molecule has 0 radical (unpaired) electrons. The number of fused-ring (bicyclic) bond motifs is 1. The quantitative estimate of drug-likeness (QED) is 0.381. The highest BCUT2D eigenvalue weighted by molar-refractivity contribution is 5.88. The molecule has 3 rings (SSSR count). The first kappa shape index (κ1) is 28.3. The molecule has 0 saturated heterocycles. The Hall–Kier alpha value is -2.98. The molecular weight excluding hydrogens is 453 g/mol. The first-order chi connectivity index (χ1) is 16.4. The summed E-state index contributed by atoms with van der Waals surface area (Å²) in [6.45, 7) is 9.67. The van der Waals surface area contributed by atoms with Gasteiger partial charge in [-0.1, -0.05) is 65.0 Å². The molecule has 4 nitrogen and oxygen atoms in total. The van der Waals surface area contributed by atoms with Crippen LogP contribution >= 0.6 is 0 Å². The third-order valence-electron chi connectivity index (χ3n) is 6.42. The number of hydrogen-bond donors (Lipinski definition) is 1. The first-order valence-corrected chi connectivity index (χ1v) is 11.9. The minimum absolute atomic E-state index is 0.155. The fourth-order valence-electron chi connectivity index (χ4n) is 4.46. The summed E-state index contributed by atoms with van der Waals surface area (Å²) in [7, 11) is 3.10. The number of nitrogens with zero attached hydrogens (tertiary/aromatic N) is 2. The number of hydrogen-bond acceptors (Lipinski definition) is 3. The zero-order chi connectivity index (χ0) is 26.6. The monoisotopic (exact) mass is 488 g/mol. The van der Waals surface area contributed by atoms with Gasteiger partial charge in [0.2, 0.25) is 0 Å². The number of aromatic nitrogens is 1. The summed E-state index contributed by atoms with van der Waals surface area (Å²) in [6.07, 6.45) is -6.19. The van der Waals surface area contributed by atoms with Crippen LogP contribution in [0.1, 0.15) is 75.3 Å². The van der Waals surface area contributed by atoms with E-state index in [1.807, 2.05) is 45.9 Å². The molecule has 1 heterocycles. The Balaban J connectivity index is 0.00000210. The van der Waals surface area contributed by atoms with E-state index in [4.69, 9.17) is 4.74 Å². The molecule has 0 aliphatic carbocycles. The van der Waals surface area contributed by atoms with Crippen LogP contribution in [0.15, 0.2) is 42.5 Å². The first-order valence-electron chi connectivity index (χ1n) is 11.9. The van der Waals surface area contributed by atoms with Gasteiger partial charge in [0.15, 0.2) is 5.60 Å². The average molecular weight is 489 g/mol. The lowest BCUT2D eigenvalue weighted by molar-refractivity contribution is -0.263. The van der Waals surface area contributed by atoms with E-state index in [1.165, 1.54) is 7.11 Å². The lowest BCUT2D eigenvalue weighted by Crippen LogP contribution is -2.48. The van der Waals surface area contributed by atoms with Crippen LogP contribution in [0.3, 0.4) is 0 Å². The molecule has 0 aliphatic heterocycles. The zero-order valence-electron chi connectivity index (χ0n) is 21.5. The average Bonchev–Trinajstić information content (AvgIpc) is 3.09. The maximum atomic E-state index is 14.3. The van der Waals surface area contributed by atoms with Gasteiger partial charge in [-0.15, -0.1) is 0 Å². The highest BCUT2D eigenvalue weighted by atomic mass is 19.4. The van der Waals surface area contributed by atoms with Crippen molar-refractivity contribution in [2.45, 2.75) is 71.1 Å². The number of aryl methyl sites for hydroxylation is 1. The molecule has 190 valence electrons. The maximum absolute atomic E-state index is 14.3. The normalized spacial score (nSPS) is 14.1. The van der Waals surface area contributed by atoms with Crippen LogP contribution in [0.5, 0.6) is 5.75 Å². The van der Waals surface area contributed by atoms with E-state index < -0.39 is 30.5 Å². The van der Waals surface area contributed by atoms with Crippen LogP contribution in [-0.4, -0.2) is 28.6 Å². The topological polar surface area (TPSA) is 58.2 Å². The van der Waals surface area contributed by atoms with Gasteiger partial charge in [0.05, 0.1) is 12.7 Å². The zero-order valence-corrected chi connectivity index (χ0v) is 21.5. The van der Waals surface area contributed by atoms with Crippen molar-refractivity contribution in [3.05, 3.63) is 64.8 Å². The fourth-order valence-corrected chi connectivity index (χ4v) is 4.46. The third-order valence-corrected chi connectivity index (χ3v) is 6.42. The number of para-hydroxylation sites is 1. The molecule has 0 bridgehead atoms. The molecule has 0 amide bonds. The number of halogens is 3. The van der Waals surface area contributed by atoms with E-state index in [0.29, 0.717) is 22.2 Å². The molecule has 2 aromatic carbocycles. The van der Waals surface area contributed by atoms with Gasteiger partial charge >= 0.3 is 6.18 Å². The standard InChI is InChI=1S/C26H29F3N2O2.C2H6/c1-16(2)18-10-11-24(33-5)20(12-18)17(3)13-25(32,26(27,28)29)14-23-21(15-30)19-8-6-7-9-22(19)31(23)4;1-2/h6-12,16-17,32H,13-14H2,1-5H3;1-2H3. The SMILES string of the molecule is CC.COc1ccc(C(C)C)cc1C(C)CC(O)(Cc1c(C#N)c2ccccc2n1C)C(F)(F)F. The van der Waals surface area contributed by atoms with Crippen molar-refractivity contribution in [2.24, 2.45) is 7.05 Å². The van der Waals surface area contributed by atoms with Crippen molar-refractivity contribution in [3.8, 4) is 11.8 Å². The second kappa shape index (κ2) is 11.2. The molecule has 2 atom stereocenters. The number of methoxy groups -OCH3 is 1. The number of nitriles is 1.